The number of anilines is 1. The van der Waals surface area contributed by atoms with Crippen molar-refractivity contribution in [3.05, 3.63) is 71.9 Å². The van der Waals surface area contributed by atoms with E-state index < -0.39 is 5.41 Å². The molecule has 2 aliphatic rings. The van der Waals surface area contributed by atoms with Crippen LogP contribution in [0.3, 0.4) is 0 Å². The van der Waals surface area contributed by atoms with E-state index in [4.69, 9.17) is 4.74 Å². The Hall–Kier alpha value is -3.74. The molecule has 0 spiro atoms. The topological polar surface area (TPSA) is 81.9 Å². The van der Waals surface area contributed by atoms with E-state index in [0.717, 1.165) is 60.3 Å². The zero-order chi connectivity index (χ0) is 20.8. The maximum Gasteiger partial charge on any atom is 0.236 e. The average Bonchev–Trinajstić information content (AvgIpc) is 3.53. The molecule has 0 atom stereocenters. The van der Waals surface area contributed by atoms with E-state index in [1.54, 1.807) is 16.9 Å². The molecule has 31 heavy (non-hydrogen) atoms. The lowest BCUT2D eigenvalue weighted by Crippen LogP contribution is -2.28. The Bertz CT molecular complexity index is 1290. The fourth-order valence-corrected chi connectivity index (χ4v) is 4.31. The molecule has 1 saturated carbocycles. The second-order valence-electron chi connectivity index (χ2n) is 8.20. The lowest BCUT2D eigenvalue weighted by Gasteiger charge is -2.21. The summed E-state index contributed by atoms with van der Waals surface area (Å²) in [7, 11) is 0. The van der Waals surface area contributed by atoms with Crippen LogP contribution in [0.4, 0.5) is 5.82 Å². The maximum absolute atomic E-state index is 13.1. The van der Waals surface area contributed by atoms with Crippen LogP contribution in [0.1, 0.15) is 30.4 Å². The Labute approximate surface area is 179 Å². The molecule has 3 heterocycles. The first-order valence-corrected chi connectivity index (χ1v) is 10.6. The van der Waals surface area contributed by atoms with Crippen LogP contribution in [0, 0.1) is 0 Å². The summed E-state index contributed by atoms with van der Waals surface area (Å²) in [5, 5.41) is 11.4. The Morgan fingerprint density at radius 2 is 2.00 bits per heavy atom. The number of hydrogen-bond acceptors (Lipinski definition) is 5. The predicted molar refractivity (Wildman–Crippen MR) is 116 cm³/mol. The number of rotatable bonds is 4. The first-order valence-electron chi connectivity index (χ1n) is 10.6. The highest BCUT2D eigenvalue weighted by Crippen LogP contribution is 2.50. The number of carbonyl (C=O) groups is 1. The lowest BCUT2D eigenvalue weighted by molar-refractivity contribution is -0.118. The van der Waals surface area contributed by atoms with Gasteiger partial charge < -0.3 is 10.1 Å². The number of fused-ring (bicyclic) bond motifs is 2. The average molecular weight is 411 g/mol. The van der Waals surface area contributed by atoms with Crippen molar-refractivity contribution in [3.8, 4) is 11.4 Å². The Morgan fingerprint density at radius 1 is 1.10 bits per heavy atom. The molecule has 0 unspecified atom stereocenters. The minimum atomic E-state index is -0.463. The number of aromatic nitrogens is 4. The SMILES string of the molecule is O=C(Nc1ccc(-n2nnc3ccccc32)cn1)C1(c2ccc3c(c2)CCCO3)CC1. The van der Waals surface area contributed by atoms with Crippen molar-refractivity contribution < 1.29 is 9.53 Å². The number of para-hydroxylation sites is 1. The standard InChI is InChI=1S/C24H21N5O2/c30-23(24(11-12-24)17-7-9-21-16(14-17)4-3-13-31-21)26-22-10-8-18(15-25-22)29-20-6-2-1-5-19(20)27-28-29/h1-2,5-10,14-15H,3-4,11-13H2,(H,25,26,30). The molecule has 2 aromatic heterocycles. The van der Waals surface area contributed by atoms with E-state index >= 15 is 0 Å². The largest absolute Gasteiger partial charge is 0.493 e. The van der Waals surface area contributed by atoms with Crippen LogP contribution >= 0.6 is 0 Å². The van der Waals surface area contributed by atoms with E-state index in [2.05, 4.69) is 26.7 Å². The van der Waals surface area contributed by atoms with Gasteiger partial charge in [0.1, 0.15) is 17.1 Å². The molecule has 1 aliphatic carbocycles. The highest BCUT2D eigenvalue weighted by atomic mass is 16.5. The zero-order valence-electron chi connectivity index (χ0n) is 16.9. The van der Waals surface area contributed by atoms with Crippen LogP contribution in [0.15, 0.2) is 60.8 Å². The normalized spacial score (nSPS) is 16.4. The number of amides is 1. The van der Waals surface area contributed by atoms with E-state index in [-0.39, 0.29) is 5.91 Å². The quantitative estimate of drug-likeness (QED) is 0.552. The third-order valence-electron chi connectivity index (χ3n) is 6.23. The summed E-state index contributed by atoms with van der Waals surface area (Å²) in [6.07, 6.45) is 5.42. The molecular weight excluding hydrogens is 390 g/mol. The molecule has 7 heteroatoms. The van der Waals surface area contributed by atoms with Gasteiger partial charge in [-0.2, -0.15) is 0 Å². The number of carbonyl (C=O) groups excluding carboxylic acids is 1. The summed E-state index contributed by atoms with van der Waals surface area (Å²) in [6, 6.07) is 17.6. The van der Waals surface area contributed by atoms with Crippen molar-refractivity contribution >= 4 is 22.8 Å². The van der Waals surface area contributed by atoms with Gasteiger partial charge in [0, 0.05) is 0 Å². The summed E-state index contributed by atoms with van der Waals surface area (Å²) in [5.74, 6) is 1.48. The van der Waals surface area contributed by atoms with Gasteiger partial charge in [-0.05, 0) is 67.1 Å². The molecule has 6 rings (SSSR count). The Balaban J connectivity index is 1.22. The monoisotopic (exact) mass is 411 g/mol. The van der Waals surface area contributed by atoms with Crippen molar-refractivity contribution in [2.24, 2.45) is 0 Å². The fraction of sp³-hybridized carbons (Fsp3) is 0.250. The van der Waals surface area contributed by atoms with Crippen molar-refractivity contribution in [1.82, 2.24) is 20.0 Å². The molecular formula is C24H21N5O2. The van der Waals surface area contributed by atoms with Crippen molar-refractivity contribution in [2.45, 2.75) is 31.1 Å². The minimum absolute atomic E-state index is 0.00404. The minimum Gasteiger partial charge on any atom is -0.493 e. The van der Waals surface area contributed by atoms with Crippen LogP contribution in [0.5, 0.6) is 5.75 Å². The molecule has 154 valence electrons. The molecule has 7 nitrogen and oxygen atoms in total. The third-order valence-corrected chi connectivity index (χ3v) is 6.23. The van der Waals surface area contributed by atoms with E-state index in [0.29, 0.717) is 5.82 Å². The summed E-state index contributed by atoms with van der Waals surface area (Å²) in [6.45, 7) is 0.768. The highest BCUT2D eigenvalue weighted by Gasteiger charge is 2.51. The number of aryl methyl sites for hydroxylation is 1. The second kappa shape index (κ2) is 6.91. The summed E-state index contributed by atoms with van der Waals surface area (Å²) >= 11 is 0. The number of ether oxygens (including phenoxy) is 1. The van der Waals surface area contributed by atoms with Crippen molar-refractivity contribution in [1.29, 1.82) is 0 Å². The van der Waals surface area contributed by atoms with E-state index in [9.17, 15) is 4.79 Å². The first-order chi connectivity index (χ1) is 15.2. The zero-order valence-corrected chi connectivity index (χ0v) is 16.9. The molecule has 1 fully saturated rings. The fourth-order valence-electron chi connectivity index (χ4n) is 4.31. The van der Waals surface area contributed by atoms with E-state index in [1.807, 2.05) is 42.5 Å². The second-order valence-corrected chi connectivity index (χ2v) is 8.20. The highest BCUT2D eigenvalue weighted by molar-refractivity contribution is 6.01. The van der Waals surface area contributed by atoms with Gasteiger partial charge in [-0.1, -0.05) is 29.5 Å². The molecule has 0 saturated heterocycles. The maximum atomic E-state index is 13.1. The molecule has 1 aliphatic heterocycles. The van der Waals surface area contributed by atoms with Crippen LogP contribution < -0.4 is 10.1 Å². The van der Waals surface area contributed by atoms with Crippen LogP contribution in [-0.2, 0) is 16.6 Å². The molecule has 4 aromatic rings. The molecule has 1 N–H and O–H groups in total. The summed E-state index contributed by atoms with van der Waals surface area (Å²) in [5.41, 5.74) is 4.34. The first kappa shape index (κ1) is 18.1. The number of hydrogen-bond donors (Lipinski definition) is 1. The van der Waals surface area contributed by atoms with Crippen molar-refractivity contribution in [2.75, 3.05) is 11.9 Å². The van der Waals surface area contributed by atoms with Crippen molar-refractivity contribution in [3.63, 3.8) is 0 Å². The van der Waals surface area contributed by atoms with Crippen LogP contribution in [0.2, 0.25) is 0 Å². The molecule has 1 amide bonds. The van der Waals surface area contributed by atoms with Gasteiger partial charge in [0.05, 0.1) is 29.4 Å². The number of pyridine rings is 1. The predicted octanol–water partition coefficient (Wildman–Crippen LogP) is 3.81. The molecule has 0 radical (unpaired) electrons. The number of nitrogens with zero attached hydrogens (tertiary/aromatic N) is 4. The summed E-state index contributed by atoms with van der Waals surface area (Å²) < 4.78 is 7.46. The third kappa shape index (κ3) is 3.04. The number of nitrogens with one attached hydrogen (secondary N) is 1. The van der Waals surface area contributed by atoms with Gasteiger partial charge in [-0.25, -0.2) is 9.67 Å². The Morgan fingerprint density at radius 3 is 2.84 bits per heavy atom. The van der Waals surface area contributed by atoms with Gasteiger partial charge in [-0.15, -0.1) is 5.10 Å². The van der Waals surface area contributed by atoms with Gasteiger partial charge in [0.25, 0.3) is 0 Å². The van der Waals surface area contributed by atoms with Gasteiger partial charge in [0.2, 0.25) is 5.91 Å². The van der Waals surface area contributed by atoms with Crippen LogP contribution in [-0.4, -0.2) is 32.5 Å². The Kier molecular flexibility index (Phi) is 4.02. The number of benzene rings is 2. The molecule has 2 aromatic carbocycles. The smallest absolute Gasteiger partial charge is 0.236 e. The van der Waals surface area contributed by atoms with Gasteiger partial charge >= 0.3 is 0 Å². The van der Waals surface area contributed by atoms with E-state index in [1.165, 1.54) is 5.56 Å². The van der Waals surface area contributed by atoms with Gasteiger partial charge in [0.15, 0.2) is 0 Å². The lowest BCUT2D eigenvalue weighted by atomic mass is 9.91. The van der Waals surface area contributed by atoms with Crippen LogP contribution in [0.25, 0.3) is 16.7 Å². The van der Waals surface area contributed by atoms with Gasteiger partial charge in [-0.3, -0.25) is 4.79 Å². The molecule has 0 bridgehead atoms. The summed E-state index contributed by atoms with van der Waals surface area (Å²) in [4.78, 5) is 17.6.